The fourth-order valence-corrected chi connectivity index (χ4v) is 2.32. The number of methoxy groups -OCH3 is 1. The van der Waals surface area contributed by atoms with Crippen molar-refractivity contribution in [2.75, 3.05) is 13.7 Å². The molecule has 0 aliphatic rings. The van der Waals surface area contributed by atoms with E-state index in [-0.39, 0.29) is 24.2 Å². The van der Waals surface area contributed by atoms with Gasteiger partial charge in [0.25, 0.3) is 0 Å². The molecule has 0 fully saturated rings. The van der Waals surface area contributed by atoms with Crippen molar-refractivity contribution in [2.45, 2.75) is 51.4 Å². The third kappa shape index (κ3) is 7.43. The molecule has 22 heavy (non-hydrogen) atoms. The van der Waals surface area contributed by atoms with Crippen LogP contribution in [-0.4, -0.2) is 42.5 Å². The minimum Gasteiger partial charge on any atom is -0.391 e. The van der Waals surface area contributed by atoms with E-state index in [1.165, 1.54) is 0 Å². The number of benzene rings is 1. The minimum atomic E-state index is -0.598. The molecule has 0 aromatic heterocycles. The van der Waals surface area contributed by atoms with Gasteiger partial charge in [-0.25, -0.2) is 4.79 Å². The molecule has 0 aliphatic heterocycles. The van der Waals surface area contributed by atoms with Gasteiger partial charge in [0.2, 0.25) is 0 Å². The van der Waals surface area contributed by atoms with Crippen molar-refractivity contribution in [1.29, 1.82) is 0 Å². The molecule has 5 nitrogen and oxygen atoms in total. The molecule has 1 aromatic rings. The normalized spacial score (nSPS) is 14.2. The van der Waals surface area contributed by atoms with Crippen LogP contribution in [0.15, 0.2) is 30.3 Å². The number of hydrogen-bond donors (Lipinski definition) is 3. The number of ether oxygens (including phenoxy) is 1. The van der Waals surface area contributed by atoms with Gasteiger partial charge in [0.1, 0.15) is 0 Å². The van der Waals surface area contributed by atoms with Crippen molar-refractivity contribution in [2.24, 2.45) is 0 Å². The zero-order valence-electron chi connectivity index (χ0n) is 13.9. The first-order chi connectivity index (χ1) is 10.3. The molecule has 0 aliphatic carbocycles. The molecular formula is C17H28N2O3. The van der Waals surface area contributed by atoms with E-state index in [1.54, 1.807) is 7.11 Å². The van der Waals surface area contributed by atoms with E-state index in [0.717, 1.165) is 5.56 Å². The Labute approximate surface area is 133 Å². The van der Waals surface area contributed by atoms with E-state index in [9.17, 15) is 9.90 Å². The highest BCUT2D eigenvalue weighted by Gasteiger charge is 2.21. The van der Waals surface area contributed by atoms with Gasteiger partial charge >= 0.3 is 6.03 Å². The van der Waals surface area contributed by atoms with Crippen LogP contribution >= 0.6 is 0 Å². The number of rotatable bonds is 8. The summed E-state index contributed by atoms with van der Waals surface area (Å²) in [5.74, 6) is 0. The Morgan fingerprint density at radius 3 is 2.55 bits per heavy atom. The molecule has 0 spiro atoms. The highest BCUT2D eigenvalue weighted by Crippen LogP contribution is 2.15. The third-order valence-corrected chi connectivity index (χ3v) is 3.54. The Kier molecular flexibility index (Phi) is 7.35. The molecule has 3 N–H and O–H groups in total. The van der Waals surface area contributed by atoms with Gasteiger partial charge in [0.05, 0.1) is 11.7 Å². The van der Waals surface area contributed by atoms with Gasteiger partial charge in [-0.15, -0.1) is 0 Å². The molecule has 0 saturated carbocycles. The first-order valence-electron chi connectivity index (χ1n) is 7.64. The van der Waals surface area contributed by atoms with Crippen LogP contribution in [0.1, 0.15) is 32.8 Å². The number of carbonyl (C=O) groups excluding carboxylic acids is 1. The smallest absolute Gasteiger partial charge is 0.315 e. The second-order valence-corrected chi connectivity index (χ2v) is 6.27. The summed E-state index contributed by atoms with van der Waals surface area (Å²) in [4.78, 5) is 11.8. The van der Waals surface area contributed by atoms with Crippen LogP contribution in [0.3, 0.4) is 0 Å². The summed E-state index contributed by atoms with van der Waals surface area (Å²) in [5.41, 5.74) is 0.770. The molecule has 2 unspecified atom stereocenters. The predicted molar refractivity (Wildman–Crippen MR) is 87.9 cm³/mol. The lowest BCUT2D eigenvalue weighted by Gasteiger charge is -2.27. The summed E-state index contributed by atoms with van der Waals surface area (Å²) in [5, 5.41) is 15.5. The molecule has 0 bridgehead atoms. The fourth-order valence-electron chi connectivity index (χ4n) is 2.32. The standard InChI is InChI=1S/C17H28N2O3/c1-13(11-17(2,3)22-4)19-16(21)18-12-15(20)10-14-8-6-5-7-9-14/h5-9,13,15,20H,10-12H2,1-4H3,(H2,18,19,21). The molecule has 1 rings (SSSR count). The number of urea groups is 1. The van der Waals surface area contributed by atoms with E-state index >= 15 is 0 Å². The Hall–Kier alpha value is -1.59. The number of carbonyl (C=O) groups is 1. The Balaban J connectivity index is 2.27. The highest BCUT2D eigenvalue weighted by molar-refractivity contribution is 5.74. The van der Waals surface area contributed by atoms with E-state index in [0.29, 0.717) is 12.8 Å². The van der Waals surface area contributed by atoms with Crippen molar-refractivity contribution < 1.29 is 14.6 Å². The van der Waals surface area contributed by atoms with Gasteiger partial charge in [-0.3, -0.25) is 0 Å². The van der Waals surface area contributed by atoms with Crippen LogP contribution < -0.4 is 10.6 Å². The summed E-state index contributed by atoms with van der Waals surface area (Å²) in [7, 11) is 1.66. The maximum absolute atomic E-state index is 11.8. The van der Waals surface area contributed by atoms with E-state index < -0.39 is 6.10 Å². The van der Waals surface area contributed by atoms with Crippen molar-refractivity contribution in [3.63, 3.8) is 0 Å². The molecule has 2 atom stereocenters. The monoisotopic (exact) mass is 308 g/mol. The lowest BCUT2D eigenvalue weighted by atomic mass is 10.00. The third-order valence-electron chi connectivity index (χ3n) is 3.54. The predicted octanol–water partition coefficient (Wildman–Crippen LogP) is 2.09. The number of aliphatic hydroxyl groups excluding tert-OH is 1. The molecule has 0 radical (unpaired) electrons. The number of nitrogens with one attached hydrogen (secondary N) is 2. The lowest BCUT2D eigenvalue weighted by molar-refractivity contribution is 0.00947. The molecule has 2 amide bonds. The maximum atomic E-state index is 11.8. The molecular weight excluding hydrogens is 280 g/mol. The Bertz CT molecular complexity index is 448. The first kappa shape index (κ1) is 18.5. The molecule has 0 saturated heterocycles. The minimum absolute atomic E-state index is 0.0128. The average molecular weight is 308 g/mol. The number of amides is 2. The van der Waals surface area contributed by atoms with Crippen molar-refractivity contribution in [1.82, 2.24) is 10.6 Å². The van der Waals surface area contributed by atoms with E-state index in [4.69, 9.17) is 4.74 Å². The molecule has 124 valence electrons. The van der Waals surface area contributed by atoms with Crippen molar-refractivity contribution in [3.8, 4) is 0 Å². The van der Waals surface area contributed by atoms with Crippen molar-refractivity contribution >= 4 is 6.03 Å². The van der Waals surface area contributed by atoms with Crippen LogP contribution in [0, 0.1) is 0 Å². The van der Waals surface area contributed by atoms with Gasteiger partial charge in [-0.2, -0.15) is 0 Å². The van der Waals surface area contributed by atoms with Crippen LogP contribution in [0.25, 0.3) is 0 Å². The first-order valence-corrected chi connectivity index (χ1v) is 7.64. The van der Waals surface area contributed by atoms with E-state index in [1.807, 2.05) is 51.1 Å². The van der Waals surface area contributed by atoms with Crippen molar-refractivity contribution in [3.05, 3.63) is 35.9 Å². The summed E-state index contributed by atoms with van der Waals surface area (Å²) >= 11 is 0. The van der Waals surface area contributed by atoms with Gasteiger partial charge < -0.3 is 20.5 Å². The lowest BCUT2D eigenvalue weighted by Crippen LogP contribution is -2.46. The van der Waals surface area contributed by atoms with Gasteiger partial charge in [-0.05, 0) is 32.8 Å². The average Bonchev–Trinajstić information content (AvgIpc) is 2.45. The Morgan fingerprint density at radius 1 is 1.32 bits per heavy atom. The van der Waals surface area contributed by atoms with E-state index in [2.05, 4.69) is 10.6 Å². The van der Waals surface area contributed by atoms with Crippen LogP contribution in [0.5, 0.6) is 0 Å². The zero-order valence-corrected chi connectivity index (χ0v) is 13.9. The Morgan fingerprint density at radius 2 is 1.95 bits per heavy atom. The summed E-state index contributed by atoms with van der Waals surface area (Å²) in [6, 6.07) is 9.43. The van der Waals surface area contributed by atoms with Crippen LogP contribution in [0.2, 0.25) is 0 Å². The topological polar surface area (TPSA) is 70.6 Å². The summed E-state index contributed by atoms with van der Waals surface area (Å²) in [6.45, 7) is 6.11. The maximum Gasteiger partial charge on any atom is 0.315 e. The quantitative estimate of drug-likeness (QED) is 0.689. The SMILES string of the molecule is COC(C)(C)CC(C)NC(=O)NCC(O)Cc1ccccc1. The zero-order chi connectivity index (χ0) is 16.6. The fraction of sp³-hybridized carbons (Fsp3) is 0.588. The van der Waals surface area contributed by atoms with Crippen LogP contribution in [0.4, 0.5) is 4.79 Å². The largest absolute Gasteiger partial charge is 0.391 e. The second kappa shape index (κ2) is 8.76. The number of aliphatic hydroxyl groups is 1. The molecule has 5 heteroatoms. The van der Waals surface area contributed by atoms with Gasteiger partial charge in [-0.1, -0.05) is 30.3 Å². The van der Waals surface area contributed by atoms with Gasteiger partial charge in [0.15, 0.2) is 0 Å². The van der Waals surface area contributed by atoms with Crippen LogP contribution in [-0.2, 0) is 11.2 Å². The van der Waals surface area contributed by atoms with Gasteiger partial charge in [0, 0.05) is 26.1 Å². The molecule has 0 heterocycles. The molecule has 1 aromatic carbocycles. The summed E-state index contributed by atoms with van der Waals surface area (Å²) in [6.07, 6.45) is 0.635. The number of hydrogen-bond acceptors (Lipinski definition) is 3. The summed E-state index contributed by atoms with van der Waals surface area (Å²) < 4.78 is 5.34. The highest BCUT2D eigenvalue weighted by atomic mass is 16.5. The second-order valence-electron chi connectivity index (χ2n) is 6.27.